The fourth-order valence-electron chi connectivity index (χ4n) is 3.55. The van der Waals surface area contributed by atoms with Crippen LogP contribution in [0.25, 0.3) is 11.1 Å². The number of aryl methyl sites for hydroxylation is 2. The summed E-state index contributed by atoms with van der Waals surface area (Å²) in [6.45, 7) is 3.63. The molecular weight excluding hydrogens is 340 g/mol. The Balaban J connectivity index is 1.93. The van der Waals surface area contributed by atoms with Gasteiger partial charge < -0.3 is 4.42 Å². The van der Waals surface area contributed by atoms with E-state index < -0.39 is 15.8 Å². The van der Waals surface area contributed by atoms with Crippen molar-refractivity contribution in [2.45, 2.75) is 31.2 Å². The van der Waals surface area contributed by atoms with Crippen LogP contribution in [-0.2, 0) is 23.5 Å². The van der Waals surface area contributed by atoms with Crippen molar-refractivity contribution < 1.29 is 12.8 Å². The largest absolute Gasteiger partial charge is 0.419 e. The zero-order valence-corrected chi connectivity index (χ0v) is 15.0. The third kappa shape index (κ3) is 2.22. The molecule has 0 amide bonds. The molecule has 0 bridgehead atoms. The standard InChI is InChI=1S/C18H18N2O4S/c1-11-8-15-16(24-18(21)19(15)3)10-17(11)25(22,23)20-12(2)9-13-6-4-5-7-14(13)20/h4-8,10,12H,9H2,1-3H3/t12-/m1/s1. The molecule has 0 radical (unpaired) electrons. The van der Waals surface area contributed by atoms with Gasteiger partial charge in [0.25, 0.3) is 10.0 Å². The summed E-state index contributed by atoms with van der Waals surface area (Å²) >= 11 is 0. The first-order valence-corrected chi connectivity index (χ1v) is 9.47. The van der Waals surface area contributed by atoms with Gasteiger partial charge in [0, 0.05) is 19.2 Å². The highest BCUT2D eigenvalue weighted by molar-refractivity contribution is 7.93. The van der Waals surface area contributed by atoms with Gasteiger partial charge in [-0.15, -0.1) is 0 Å². The zero-order valence-electron chi connectivity index (χ0n) is 14.2. The normalized spacial score (nSPS) is 17.2. The Labute approximate surface area is 145 Å². The van der Waals surface area contributed by atoms with Gasteiger partial charge in [0.2, 0.25) is 0 Å². The highest BCUT2D eigenvalue weighted by atomic mass is 32.2. The minimum absolute atomic E-state index is 0.165. The maximum absolute atomic E-state index is 13.4. The van der Waals surface area contributed by atoms with Crippen LogP contribution in [-0.4, -0.2) is 19.0 Å². The van der Waals surface area contributed by atoms with Crippen molar-refractivity contribution in [1.29, 1.82) is 0 Å². The van der Waals surface area contributed by atoms with Gasteiger partial charge in [-0.3, -0.25) is 8.87 Å². The lowest BCUT2D eigenvalue weighted by Crippen LogP contribution is -2.36. The molecule has 0 aliphatic carbocycles. The summed E-state index contributed by atoms with van der Waals surface area (Å²) in [6.07, 6.45) is 0.678. The van der Waals surface area contributed by atoms with Crippen LogP contribution >= 0.6 is 0 Å². The summed E-state index contributed by atoms with van der Waals surface area (Å²) in [5.74, 6) is -0.510. The predicted octanol–water partition coefficient (Wildman–Crippen LogP) is 2.58. The quantitative estimate of drug-likeness (QED) is 0.706. The molecule has 1 aromatic heterocycles. The molecule has 1 aliphatic rings. The van der Waals surface area contributed by atoms with Crippen molar-refractivity contribution in [3.63, 3.8) is 0 Å². The van der Waals surface area contributed by atoms with Crippen LogP contribution in [0.5, 0.6) is 0 Å². The fourth-order valence-corrected chi connectivity index (χ4v) is 5.47. The van der Waals surface area contributed by atoms with E-state index in [4.69, 9.17) is 4.42 Å². The summed E-state index contributed by atoms with van der Waals surface area (Å²) in [6, 6.07) is 10.5. The Morgan fingerprint density at radius 2 is 1.92 bits per heavy atom. The Morgan fingerprint density at radius 3 is 2.68 bits per heavy atom. The average molecular weight is 358 g/mol. The summed E-state index contributed by atoms with van der Waals surface area (Å²) in [7, 11) is -2.17. The number of para-hydroxylation sites is 1. The van der Waals surface area contributed by atoms with E-state index in [1.165, 1.54) is 14.9 Å². The number of fused-ring (bicyclic) bond motifs is 2. The molecule has 6 nitrogen and oxygen atoms in total. The zero-order chi connectivity index (χ0) is 17.9. The SMILES string of the molecule is Cc1cc2c(cc1S(=O)(=O)N1c3ccccc3C[C@H]1C)oc(=O)n2C. The Hall–Kier alpha value is -2.54. The molecule has 0 spiro atoms. The first-order valence-electron chi connectivity index (χ1n) is 8.03. The van der Waals surface area contributed by atoms with Crippen LogP contribution in [0, 0.1) is 6.92 Å². The molecule has 7 heteroatoms. The Kier molecular flexibility index (Phi) is 3.34. The monoisotopic (exact) mass is 358 g/mol. The second kappa shape index (κ2) is 5.23. The molecule has 0 saturated carbocycles. The summed E-state index contributed by atoms with van der Waals surface area (Å²) in [4.78, 5) is 11.9. The van der Waals surface area contributed by atoms with E-state index in [0.717, 1.165) is 5.56 Å². The molecule has 1 aliphatic heterocycles. The highest BCUT2D eigenvalue weighted by Crippen LogP contribution is 2.37. The average Bonchev–Trinajstić information content (AvgIpc) is 3.04. The van der Waals surface area contributed by atoms with Crippen LogP contribution < -0.4 is 10.1 Å². The Bertz CT molecular complexity index is 1160. The van der Waals surface area contributed by atoms with Gasteiger partial charge in [-0.2, -0.15) is 0 Å². The van der Waals surface area contributed by atoms with Gasteiger partial charge in [0.05, 0.1) is 16.1 Å². The molecule has 130 valence electrons. The lowest BCUT2D eigenvalue weighted by atomic mass is 10.1. The summed E-state index contributed by atoms with van der Waals surface area (Å²) in [5.41, 5.74) is 3.17. The molecular formula is C18H18N2O4S. The van der Waals surface area contributed by atoms with Gasteiger partial charge in [-0.1, -0.05) is 18.2 Å². The van der Waals surface area contributed by atoms with E-state index in [-0.39, 0.29) is 16.5 Å². The summed E-state index contributed by atoms with van der Waals surface area (Å²) < 4.78 is 34.7. The van der Waals surface area contributed by atoms with Crippen LogP contribution in [0.3, 0.4) is 0 Å². The number of benzene rings is 2. The Morgan fingerprint density at radius 1 is 1.20 bits per heavy atom. The number of aromatic nitrogens is 1. The third-order valence-corrected chi connectivity index (χ3v) is 6.84. The maximum Gasteiger partial charge on any atom is 0.419 e. The molecule has 2 aromatic carbocycles. The maximum atomic E-state index is 13.4. The molecule has 2 heterocycles. The van der Waals surface area contributed by atoms with Gasteiger partial charge in [-0.25, -0.2) is 13.2 Å². The van der Waals surface area contributed by atoms with Crippen LogP contribution in [0.1, 0.15) is 18.1 Å². The van der Waals surface area contributed by atoms with E-state index >= 15 is 0 Å². The minimum atomic E-state index is -3.76. The van der Waals surface area contributed by atoms with Crippen LogP contribution in [0.4, 0.5) is 5.69 Å². The van der Waals surface area contributed by atoms with Crippen molar-refractivity contribution >= 4 is 26.8 Å². The number of rotatable bonds is 2. The first kappa shape index (κ1) is 16.0. The molecule has 4 rings (SSSR count). The third-order valence-electron chi connectivity index (χ3n) is 4.77. The fraction of sp³-hybridized carbons (Fsp3) is 0.278. The first-order chi connectivity index (χ1) is 11.8. The van der Waals surface area contributed by atoms with E-state index in [0.29, 0.717) is 23.2 Å². The lowest BCUT2D eigenvalue weighted by Gasteiger charge is -2.25. The second-order valence-electron chi connectivity index (χ2n) is 6.50. The van der Waals surface area contributed by atoms with Crippen molar-refractivity contribution in [1.82, 2.24) is 4.57 Å². The van der Waals surface area contributed by atoms with E-state index in [2.05, 4.69) is 0 Å². The van der Waals surface area contributed by atoms with E-state index in [1.807, 2.05) is 31.2 Å². The molecule has 0 saturated heterocycles. The molecule has 1 atom stereocenters. The van der Waals surface area contributed by atoms with Gasteiger partial charge >= 0.3 is 5.76 Å². The number of sulfonamides is 1. The van der Waals surface area contributed by atoms with Crippen molar-refractivity contribution in [2.75, 3.05) is 4.31 Å². The van der Waals surface area contributed by atoms with Gasteiger partial charge in [-0.05, 0) is 43.5 Å². The molecule has 0 unspecified atom stereocenters. The predicted molar refractivity (Wildman–Crippen MR) is 95.5 cm³/mol. The minimum Gasteiger partial charge on any atom is -0.408 e. The van der Waals surface area contributed by atoms with E-state index in [1.54, 1.807) is 20.0 Å². The number of nitrogens with zero attached hydrogens (tertiary/aromatic N) is 2. The topological polar surface area (TPSA) is 72.5 Å². The molecule has 0 fully saturated rings. The van der Waals surface area contributed by atoms with Crippen LogP contribution in [0.15, 0.2) is 50.5 Å². The molecule has 3 aromatic rings. The van der Waals surface area contributed by atoms with Gasteiger partial charge in [0.15, 0.2) is 5.58 Å². The molecule has 25 heavy (non-hydrogen) atoms. The number of hydrogen-bond donors (Lipinski definition) is 0. The van der Waals surface area contributed by atoms with Crippen molar-refractivity contribution in [3.05, 3.63) is 58.1 Å². The van der Waals surface area contributed by atoms with Crippen molar-refractivity contribution in [3.8, 4) is 0 Å². The smallest absolute Gasteiger partial charge is 0.408 e. The number of hydrogen-bond acceptors (Lipinski definition) is 4. The summed E-state index contributed by atoms with van der Waals surface area (Å²) in [5, 5.41) is 0. The number of anilines is 1. The van der Waals surface area contributed by atoms with E-state index in [9.17, 15) is 13.2 Å². The lowest BCUT2D eigenvalue weighted by molar-refractivity contribution is 0.527. The van der Waals surface area contributed by atoms with Crippen LogP contribution in [0.2, 0.25) is 0 Å². The molecule has 0 N–H and O–H groups in total. The van der Waals surface area contributed by atoms with Crippen molar-refractivity contribution in [2.24, 2.45) is 7.05 Å². The number of oxazole rings is 1. The second-order valence-corrected chi connectivity index (χ2v) is 8.28. The van der Waals surface area contributed by atoms with Gasteiger partial charge in [0.1, 0.15) is 0 Å². The highest BCUT2D eigenvalue weighted by Gasteiger charge is 2.37.